The van der Waals surface area contributed by atoms with Crippen LogP contribution in [0.4, 0.5) is 0 Å². The summed E-state index contributed by atoms with van der Waals surface area (Å²) in [5.74, 6) is -0.262. The van der Waals surface area contributed by atoms with Gasteiger partial charge >= 0.3 is 0 Å². The second-order valence-electron chi connectivity index (χ2n) is 9.16. The molecule has 1 aromatic carbocycles. The van der Waals surface area contributed by atoms with Crippen LogP contribution in [-0.2, 0) is 19.9 Å². The van der Waals surface area contributed by atoms with Crippen molar-refractivity contribution in [2.45, 2.75) is 42.9 Å². The molecule has 2 saturated heterocycles. The summed E-state index contributed by atoms with van der Waals surface area (Å²) in [6.07, 6.45) is 3.21. The highest BCUT2D eigenvalue weighted by atomic mass is 35.5. The number of benzene rings is 1. The minimum Gasteiger partial charge on any atom is -0.337 e. The van der Waals surface area contributed by atoms with Crippen LogP contribution in [0.5, 0.6) is 0 Å². The van der Waals surface area contributed by atoms with E-state index in [1.807, 2.05) is 26.0 Å². The molecule has 0 saturated carbocycles. The second-order valence-corrected chi connectivity index (χ2v) is 14.3. The van der Waals surface area contributed by atoms with Crippen LogP contribution in [0.15, 0.2) is 33.4 Å². The van der Waals surface area contributed by atoms with Gasteiger partial charge in [0, 0.05) is 37.8 Å². The summed E-state index contributed by atoms with van der Waals surface area (Å²) in [5.41, 5.74) is 1.51. The van der Waals surface area contributed by atoms with Gasteiger partial charge in [0.15, 0.2) is 9.84 Å². The molecule has 180 valence electrons. The Labute approximate surface area is 204 Å². The summed E-state index contributed by atoms with van der Waals surface area (Å²) in [7, 11) is -7.07. The van der Waals surface area contributed by atoms with Crippen molar-refractivity contribution in [3.63, 3.8) is 0 Å². The average Bonchev–Trinajstić information content (AvgIpc) is 3.33. The fourth-order valence-corrected chi connectivity index (χ4v) is 9.33. The molecule has 3 heterocycles. The van der Waals surface area contributed by atoms with Crippen LogP contribution < -0.4 is 0 Å². The Kier molecular flexibility index (Phi) is 6.46. The van der Waals surface area contributed by atoms with E-state index in [-0.39, 0.29) is 26.1 Å². The standard InChI is InChI=1S/C22H27ClN2O5S3/c1-15-4-5-16(2)17(12-15)33(29,30)25-10-7-22(8-11-25)6-9-24(14-22)21(26)20-19(23)18(13-31-20)32(3,27)28/h4-5,12-13H,6-11,14H2,1-3H3. The summed E-state index contributed by atoms with van der Waals surface area (Å²) in [6, 6.07) is 5.46. The summed E-state index contributed by atoms with van der Waals surface area (Å²) in [6.45, 7) is 5.58. The first-order valence-electron chi connectivity index (χ1n) is 10.7. The van der Waals surface area contributed by atoms with Crippen molar-refractivity contribution in [2.24, 2.45) is 5.41 Å². The second kappa shape index (κ2) is 8.64. The number of hydrogen-bond donors (Lipinski definition) is 0. The molecule has 2 aromatic rings. The lowest BCUT2D eigenvalue weighted by molar-refractivity contribution is 0.0755. The lowest BCUT2D eigenvalue weighted by Gasteiger charge is -2.38. The van der Waals surface area contributed by atoms with E-state index < -0.39 is 19.9 Å². The Morgan fingerprint density at radius 3 is 2.27 bits per heavy atom. The summed E-state index contributed by atoms with van der Waals surface area (Å²) >= 11 is 7.27. The number of nitrogens with zero attached hydrogens (tertiary/aromatic N) is 2. The molecule has 0 atom stereocenters. The zero-order valence-electron chi connectivity index (χ0n) is 18.8. The number of thiophene rings is 1. The molecule has 4 rings (SSSR count). The number of aryl methyl sites for hydroxylation is 2. The van der Waals surface area contributed by atoms with Gasteiger partial charge in [0.05, 0.1) is 14.8 Å². The van der Waals surface area contributed by atoms with Crippen LogP contribution in [0.3, 0.4) is 0 Å². The summed E-state index contributed by atoms with van der Waals surface area (Å²) < 4.78 is 51.7. The highest BCUT2D eigenvalue weighted by Crippen LogP contribution is 2.43. The molecule has 0 radical (unpaired) electrons. The molecule has 2 aliphatic heterocycles. The fraction of sp³-hybridized carbons (Fsp3) is 0.500. The molecule has 0 N–H and O–H groups in total. The molecular weight excluding hydrogens is 504 g/mol. The third-order valence-electron chi connectivity index (χ3n) is 6.76. The highest BCUT2D eigenvalue weighted by Gasteiger charge is 2.45. The molecule has 1 amide bonds. The molecule has 2 aliphatic rings. The van der Waals surface area contributed by atoms with Gasteiger partial charge in [0.2, 0.25) is 10.0 Å². The number of sulfonamides is 1. The maximum absolute atomic E-state index is 13.2. The zero-order chi connectivity index (χ0) is 24.2. The first-order chi connectivity index (χ1) is 15.3. The zero-order valence-corrected chi connectivity index (χ0v) is 22.0. The van der Waals surface area contributed by atoms with Crippen LogP contribution >= 0.6 is 22.9 Å². The normalized spacial score (nSPS) is 19.3. The molecular formula is C22H27ClN2O5S3. The Morgan fingerprint density at radius 1 is 1.03 bits per heavy atom. The van der Waals surface area contributed by atoms with Gasteiger partial charge in [-0.05, 0) is 55.7 Å². The Morgan fingerprint density at radius 2 is 1.67 bits per heavy atom. The van der Waals surface area contributed by atoms with Gasteiger partial charge < -0.3 is 4.90 Å². The largest absolute Gasteiger partial charge is 0.337 e. The van der Waals surface area contributed by atoms with Gasteiger partial charge in [-0.1, -0.05) is 23.7 Å². The van der Waals surface area contributed by atoms with Gasteiger partial charge in [-0.2, -0.15) is 4.31 Å². The van der Waals surface area contributed by atoms with Gasteiger partial charge in [-0.3, -0.25) is 4.79 Å². The van der Waals surface area contributed by atoms with Crippen LogP contribution in [0.2, 0.25) is 5.02 Å². The molecule has 1 aromatic heterocycles. The monoisotopic (exact) mass is 530 g/mol. The SMILES string of the molecule is Cc1ccc(C)c(S(=O)(=O)N2CCC3(CCN(C(=O)c4scc(S(C)(=O)=O)c4Cl)C3)CC2)c1. The maximum Gasteiger partial charge on any atom is 0.265 e. The van der Waals surface area contributed by atoms with Crippen LogP contribution in [0.1, 0.15) is 40.1 Å². The molecule has 0 bridgehead atoms. The van der Waals surface area contributed by atoms with Crippen LogP contribution in [0, 0.1) is 19.3 Å². The van der Waals surface area contributed by atoms with Crippen molar-refractivity contribution in [3.05, 3.63) is 44.6 Å². The van der Waals surface area contributed by atoms with Gasteiger partial charge in [-0.15, -0.1) is 11.3 Å². The molecule has 2 fully saturated rings. The Hall–Kier alpha value is -1.46. The number of carbonyl (C=O) groups is 1. The van der Waals surface area contributed by atoms with E-state index >= 15 is 0 Å². The predicted octanol–water partition coefficient (Wildman–Crippen LogP) is 3.74. The minimum absolute atomic E-state index is 0.0112. The number of piperidine rings is 1. The molecule has 0 aliphatic carbocycles. The number of carbonyl (C=O) groups excluding carboxylic acids is 1. The number of hydrogen-bond acceptors (Lipinski definition) is 6. The number of halogens is 1. The molecule has 1 spiro atoms. The van der Waals surface area contributed by atoms with Crippen molar-refractivity contribution in [1.82, 2.24) is 9.21 Å². The van der Waals surface area contributed by atoms with E-state index in [0.29, 0.717) is 43.9 Å². The third kappa shape index (κ3) is 4.60. The summed E-state index contributed by atoms with van der Waals surface area (Å²) in [4.78, 5) is 15.4. The van der Waals surface area contributed by atoms with E-state index in [0.717, 1.165) is 35.1 Å². The van der Waals surface area contributed by atoms with E-state index in [9.17, 15) is 21.6 Å². The van der Waals surface area contributed by atoms with Gasteiger partial charge in [0.25, 0.3) is 5.91 Å². The Bertz CT molecular complexity index is 1310. The number of likely N-dealkylation sites (tertiary alicyclic amines) is 1. The molecule has 11 heteroatoms. The minimum atomic E-state index is -3.57. The van der Waals surface area contributed by atoms with E-state index in [1.54, 1.807) is 15.3 Å². The lowest BCUT2D eigenvalue weighted by Crippen LogP contribution is -2.44. The quantitative estimate of drug-likeness (QED) is 0.600. The molecule has 0 unspecified atom stereocenters. The van der Waals surface area contributed by atoms with Crippen LogP contribution in [0.25, 0.3) is 0 Å². The van der Waals surface area contributed by atoms with Crippen molar-refractivity contribution in [3.8, 4) is 0 Å². The Balaban J connectivity index is 1.46. The van der Waals surface area contributed by atoms with E-state index in [2.05, 4.69) is 0 Å². The van der Waals surface area contributed by atoms with Gasteiger partial charge in [-0.25, -0.2) is 16.8 Å². The average molecular weight is 531 g/mol. The van der Waals surface area contributed by atoms with Crippen molar-refractivity contribution < 1.29 is 21.6 Å². The molecule has 33 heavy (non-hydrogen) atoms. The highest BCUT2D eigenvalue weighted by molar-refractivity contribution is 7.91. The number of amides is 1. The fourth-order valence-electron chi connectivity index (χ4n) is 4.71. The number of rotatable bonds is 4. The molecule has 7 nitrogen and oxygen atoms in total. The van der Waals surface area contributed by atoms with E-state index in [1.165, 1.54) is 5.38 Å². The topological polar surface area (TPSA) is 91.8 Å². The van der Waals surface area contributed by atoms with Crippen molar-refractivity contribution in [1.29, 1.82) is 0 Å². The van der Waals surface area contributed by atoms with Gasteiger partial charge in [0.1, 0.15) is 4.88 Å². The lowest BCUT2D eigenvalue weighted by atomic mass is 9.78. The maximum atomic E-state index is 13.2. The van der Waals surface area contributed by atoms with Crippen molar-refractivity contribution >= 4 is 48.7 Å². The summed E-state index contributed by atoms with van der Waals surface area (Å²) in [5, 5.41) is 1.40. The first-order valence-corrected chi connectivity index (χ1v) is 15.3. The number of sulfone groups is 1. The van der Waals surface area contributed by atoms with Crippen LogP contribution in [-0.4, -0.2) is 64.4 Å². The predicted molar refractivity (Wildman–Crippen MR) is 129 cm³/mol. The van der Waals surface area contributed by atoms with Crippen molar-refractivity contribution in [2.75, 3.05) is 32.4 Å². The smallest absolute Gasteiger partial charge is 0.265 e. The van der Waals surface area contributed by atoms with E-state index in [4.69, 9.17) is 11.6 Å². The first kappa shape index (κ1) is 24.7. The third-order valence-corrected chi connectivity index (χ3v) is 11.7.